The van der Waals surface area contributed by atoms with Gasteiger partial charge in [-0.25, -0.2) is 0 Å². The minimum Gasteiger partial charge on any atom is -0.345 e. The molecule has 1 aromatic heterocycles. The van der Waals surface area contributed by atoms with Gasteiger partial charge in [-0.2, -0.15) is 0 Å². The number of aryl methyl sites for hydroxylation is 1. The highest BCUT2D eigenvalue weighted by molar-refractivity contribution is 9.11. The van der Waals surface area contributed by atoms with E-state index in [-0.39, 0.29) is 11.9 Å². The van der Waals surface area contributed by atoms with Gasteiger partial charge >= 0.3 is 0 Å². The number of rotatable bonds is 4. The molecule has 2 nitrogen and oxygen atoms in total. The predicted octanol–water partition coefficient (Wildman–Crippen LogP) is 5.43. The number of hydrogen-bond donors (Lipinski definition) is 1. The summed E-state index contributed by atoms with van der Waals surface area (Å²) in [7, 11) is 0. The molecule has 0 bridgehead atoms. The number of carbonyl (C=O) groups is 1. The lowest BCUT2D eigenvalue weighted by atomic mass is 9.99. The Hall–Kier alpha value is -1.13. The van der Waals surface area contributed by atoms with E-state index in [1.165, 1.54) is 16.9 Å². The molecule has 1 atom stereocenters. The number of thiophene rings is 1. The first-order chi connectivity index (χ1) is 9.88. The summed E-state index contributed by atoms with van der Waals surface area (Å²) in [6, 6.07) is 10.4. The molecular weight excluding hydrogens is 346 g/mol. The third-order valence-corrected chi connectivity index (χ3v) is 5.67. The second-order valence-corrected chi connectivity index (χ2v) is 7.95. The first kappa shape index (κ1) is 16.2. The summed E-state index contributed by atoms with van der Waals surface area (Å²) in [4.78, 5) is 13.0. The maximum Gasteiger partial charge on any atom is 0.261 e. The molecule has 0 fully saturated rings. The summed E-state index contributed by atoms with van der Waals surface area (Å²) < 4.78 is 1.02. The number of hydrogen-bond acceptors (Lipinski definition) is 2. The van der Waals surface area contributed by atoms with E-state index in [0.29, 0.717) is 5.92 Å². The van der Waals surface area contributed by atoms with E-state index in [9.17, 15) is 4.79 Å². The van der Waals surface area contributed by atoms with Crippen LogP contribution >= 0.6 is 27.3 Å². The zero-order chi connectivity index (χ0) is 15.6. The van der Waals surface area contributed by atoms with E-state index in [4.69, 9.17) is 0 Å². The Labute approximate surface area is 138 Å². The van der Waals surface area contributed by atoms with Crippen LogP contribution in [0.5, 0.6) is 0 Å². The van der Waals surface area contributed by atoms with E-state index in [2.05, 4.69) is 59.4 Å². The average Bonchev–Trinajstić information content (AvgIpc) is 2.79. The fourth-order valence-corrected chi connectivity index (χ4v) is 3.53. The van der Waals surface area contributed by atoms with Gasteiger partial charge in [0.2, 0.25) is 0 Å². The number of carbonyl (C=O) groups excluding carboxylic acids is 1. The standard InChI is InChI=1S/C17H20BrNOS/c1-10(2)13-5-7-14(8-6-13)12(4)19-17(20)15-9-11(3)16(18)21-15/h5-10,12H,1-4H3,(H,19,20). The van der Waals surface area contributed by atoms with Crippen molar-refractivity contribution in [2.75, 3.05) is 0 Å². The third-order valence-electron chi connectivity index (χ3n) is 3.53. The van der Waals surface area contributed by atoms with Gasteiger partial charge in [-0.3, -0.25) is 4.79 Å². The van der Waals surface area contributed by atoms with Crippen molar-refractivity contribution in [3.8, 4) is 0 Å². The average molecular weight is 366 g/mol. The Morgan fingerprint density at radius 3 is 2.19 bits per heavy atom. The molecule has 0 radical (unpaired) electrons. The molecule has 2 aromatic rings. The van der Waals surface area contributed by atoms with Crippen LogP contribution in [0.2, 0.25) is 0 Å². The van der Waals surface area contributed by atoms with Gasteiger partial charge in [0, 0.05) is 0 Å². The lowest BCUT2D eigenvalue weighted by molar-refractivity contribution is 0.0944. The van der Waals surface area contributed by atoms with Crippen LogP contribution in [0.1, 0.15) is 59.1 Å². The van der Waals surface area contributed by atoms with E-state index >= 15 is 0 Å². The second kappa shape index (κ2) is 6.75. The van der Waals surface area contributed by atoms with Crippen LogP contribution in [0, 0.1) is 6.92 Å². The van der Waals surface area contributed by atoms with Crippen LogP contribution in [-0.2, 0) is 0 Å². The topological polar surface area (TPSA) is 29.1 Å². The largest absolute Gasteiger partial charge is 0.345 e. The van der Waals surface area contributed by atoms with Crippen molar-refractivity contribution in [3.05, 3.63) is 55.7 Å². The van der Waals surface area contributed by atoms with Crippen LogP contribution in [0.15, 0.2) is 34.1 Å². The monoisotopic (exact) mass is 365 g/mol. The molecule has 1 unspecified atom stereocenters. The summed E-state index contributed by atoms with van der Waals surface area (Å²) in [6.07, 6.45) is 0. The van der Waals surface area contributed by atoms with Crippen molar-refractivity contribution in [2.24, 2.45) is 0 Å². The summed E-state index contributed by atoms with van der Waals surface area (Å²) in [5, 5.41) is 3.05. The third kappa shape index (κ3) is 3.95. The molecule has 2 rings (SSSR count). The smallest absolute Gasteiger partial charge is 0.261 e. The van der Waals surface area contributed by atoms with Crippen LogP contribution in [-0.4, -0.2) is 5.91 Å². The van der Waals surface area contributed by atoms with Crippen molar-refractivity contribution < 1.29 is 4.79 Å². The molecule has 0 saturated heterocycles. The number of halogens is 1. The van der Waals surface area contributed by atoms with Crippen molar-refractivity contribution in [3.63, 3.8) is 0 Å². The summed E-state index contributed by atoms with van der Waals surface area (Å²) in [5.74, 6) is 0.504. The molecule has 4 heteroatoms. The Morgan fingerprint density at radius 2 is 1.71 bits per heavy atom. The quantitative estimate of drug-likeness (QED) is 0.768. The maximum absolute atomic E-state index is 12.2. The lowest BCUT2D eigenvalue weighted by Gasteiger charge is -2.15. The van der Waals surface area contributed by atoms with Gasteiger partial charge in [0.05, 0.1) is 14.7 Å². The predicted molar refractivity (Wildman–Crippen MR) is 93.2 cm³/mol. The zero-order valence-electron chi connectivity index (χ0n) is 12.7. The van der Waals surface area contributed by atoms with Gasteiger partial charge in [-0.05, 0) is 58.5 Å². The van der Waals surface area contributed by atoms with Crippen molar-refractivity contribution >= 4 is 33.2 Å². The molecule has 0 spiro atoms. The van der Waals surface area contributed by atoms with E-state index in [0.717, 1.165) is 19.8 Å². The molecule has 0 aliphatic carbocycles. The number of benzene rings is 1. The Balaban J connectivity index is 2.06. The minimum atomic E-state index is -0.0192. The molecular formula is C17H20BrNOS. The Morgan fingerprint density at radius 1 is 1.14 bits per heavy atom. The van der Waals surface area contributed by atoms with Gasteiger partial charge in [-0.1, -0.05) is 38.1 Å². The molecule has 1 N–H and O–H groups in total. The van der Waals surface area contributed by atoms with Crippen molar-refractivity contribution in [1.29, 1.82) is 0 Å². The Kier molecular flexibility index (Phi) is 5.22. The van der Waals surface area contributed by atoms with E-state index in [1.807, 2.05) is 19.9 Å². The Bertz CT molecular complexity index is 611. The molecule has 112 valence electrons. The molecule has 0 saturated carbocycles. The highest BCUT2D eigenvalue weighted by atomic mass is 79.9. The highest BCUT2D eigenvalue weighted by Gasteiger charge is 2.14. The minimum absolute atomic E-state index is 0.0000983. The van der Waals surface area contributed by atoms with Gasteiger partial charge in [-0.15, -0.1) is 11.3 Å². The lowest BCUT2D eigenvalue weighted by Crippen LogP contribution is -2.25. The maximum atomic E-state index is 12.2. The van der Waals surface area contributed by atoms with Crippen molar-refractivity contribution in [1.82, 2.24) is 5.32 Å². The SMILES string of the molecule is Cc1cc(C(=O)NC(C)c2ccc(C(C)C)cc2)sc1Br. The second-order valence-electron chi connectivity index (χ2n) is 5.58. The summed E-state index contributed by atoms with van der Waals surface area (Å²) >= 11 is 4.93. The zero-order valence-corrected chi connectivity index (χ0v) is 15.1. The fraction of sp³-hybridized carbons (Fsp3) is 0.353. The molecule has 1 heterocycles. The van der Waals surface area contributed by atoms with Crippen LogP contribution in [0.3, 0.4) is 0 Å². The van der Waals surface area contributed by atoms with Gasteiger partial charge in [0.25, 0.3) is 5.91 Å². The van der Waals surface area contributed by atoms with Crippen LogP contribution in [0.25, 0.3) is 0 Å². The molecule has 1 aromatic carbocycles. The van der Waals surface area contributed by atoms with Gasteiger partial charge < -0.3 is 5.32 Å². The first-order valence-electron chi connectivity index (χ1n) is 7.05. The summed E-state index contributed by atoms with van der Waals surface area (Å²) in [6.45, 7) is 8.36. The molecule has 21 heavy (non-hydrogen) atoms. The van der Waals surface area contributed by atoms with Crippen molar-refractivity contribution in [2.45, 2.75) is 39.7 Å². The number of amides is 1. The number of nitrogens with one attached hydrogen (secondary N) is 1. The fourth-order valence-electron chi connectivity index (χ4n) is 2.09. The molecule has 0 aliphatic heterocycles. The van der Waals surface area contributed by atoms with E-state index in [1.54, 1.807) is 0 Å². The highest BCUT2D eigenvalue weighted by Crippen LogP contribution is 2.28. The van der Waals surface area contributed by atoms with E-state index < -0.39 is 0 Å². The van der Waals surface area contributed by atoms with Gasteiger partial charge in [0.15, 0.2) is 0 Å². The van der Waals surface area contributed by atoms with Crippen LogP contribution < -0.4 is 5.32 Å². The molecule has 1 amide bonds. The first-order valence-corrected chi connectivity index (χ1v) is 8.66. The normalized spacial score (nSPS) is 12.5. The summed E-state index contributed by atoms with van der Waals surface area (Å²) in [5.41, 5.74) is 3.54. The molecule has 0 aliphatic rings. The van der Waals surface area contributed by atoms with Gasteiger partial charge in [0.1, 0.15) is 0 Å². The van der Waals surface area contributed by atoms with Crippen LogP contribution in [0.4, 0.5) is 0 Å².